The highest BCUT2D eigenvalue weighted by Gasteiger charge is 2.31. The Morgan fingerprint density at radius 3 is 2.00 bits per heavy atom. The van der Waals surface area contributed by atoms with Crippen molar-refractivity contribution in [2.45, 2.75) is 25.3 Å². The molecule has 2 rings (SSSR count). The maximum Gasteiger partial charge on any atom is 0.126 e. The van der Waals surface area contributed by atoms with Crippen molar-refractivity contribution in [3.05, 3.63) is 71.3 Å². The Hall–Kier alpha value is -1.74. The second-order valence-corrected chi connectivity index (χ2v) is 5.51. The van der Waals surface area contributed by atoms with Gasteiger partial charge in [0.25, 0.3) is 0 Å². The zero-order chi connectivity index (χ0) is 14.8. The van der Waals surface area contributed by atoms with E-state index in [4.69, 9.17) is 0 Å². The third kappa shape index (κ3) is 2.88. The van der Waals surface area contributed by atoms with Gasteiger partial charge in [0, 0.05) is 17.5 Å². The van der Waals surface area contributed by atoms with Crippen LogP contribution in [0.4, 0.5) is 8.78 Å². The summed E-state index contributed by atoms with van der Waals surface area (Å²) in [4.78, 5) is 0. The van der Waals surface area contributed by atoms with Crippen LogP contribution < -0.4 is 5.32 Å². The summed E-state index contributed by atoms with van der Waals surface area (Å²) in [6.07, 6.45) is 0. The number of halogens is 2. The van der Waals surface area contributed by atoms with Gasteiger partial charge in [-0.1, -0.05) is 44.2 Å². The third-order valence-electron chi connectivity index (χ3n) is 3.75. The molecule has 0 saturated heterocycles. The van der Waals surface area contributed by atoms with Crippen LogP contribution in [0.25, 0.3) is 0 Å². The van der Waals surface area contributed by atoms with Gasteiger partial charge in [0.05, 0.1) is 0 Å². The molecule has 1 N–H and O–H groups in total. The van der Waals surface area contributed by atoms with Gasteiger partial charge in [-0.2, -0.15) is 0 Å². The maximum atomic E-state index is 13.4. The molecule has 106 valence electrons. The van der Waals surface area contributed by atoms with E-state index in [9.17, 15) is 8.78 Å². The third-order valence-corrected chi connectivity index (χ3v) is 3.75. The SMILES string of the molecule is CNC(c1cc(F)cc(F)c1)C(C)(C)c1ccccc1. The minimum atomic E-state index is -0.552. The summed E-state index contributed by atoms with van der Waals surface area (Å²) in [6, 6.07) is 13.4. The van der Waals surface area contributed by atoms with E-state index >= 15 is 0 Å². The number of hydrogen-bond acceptors (Lipinski definition) is 1. The lowest BCUT2D eigenvalue weighted by Gasteiger charge is -2.35. The van der Waals surface area contributed by atoms with Gasteiger partial charge in [-0.3, -0.25) is 0 Å². The molecule has 2 aromatic rings. The summed E-state index contributed by atoms with van der Waals surface area (Å²) in [7, 11) is 1.80. The lowest BCUT2D eigenvalue weighted by Crippen LogP contribution is -2.35. The highest BCUT2D eigenvalue weighted by molar-refractivity contribution is 5.32. The predicted molar refractivity (Wildman–Crippen MR) is 77.6 cm³/mol. The van der Waals surface area contributed by atoms with Crippen molar-refractivity contribution < 1.29 is 8.78 Å². The minimum Gasteiger partial charge on any atom is -0.312 e. The summed E-state index contributed by atoms with van der Waals surface area (Å²) >= 11 is 0. The van der Waals surface area contributed by atoms with Crippen LogP contribution in [0.5, 0.6) is 0 Å². The first-order valence-corrected chi connectivity index (χ1v) is 6.64. The van der Waals surface area contributed by atoms with Crippen molar-refractivity contribution in [3.63, 3.8) is 0 Å². The van der Waals surface area contributed by atoms with Gasteiger partial charge >= 0.3 is 0 Å². The molecule has 0 spiro atoms. The summed E-state index contributed by atoms with van der Waals surface area (Å²) < 4.78 is 26.9. The quantitative estimate of drug-likeness (QED) is 0.881. The average molecular weight is 275 g/mol. The van der Waals surface area contributed by atoms with Gasteiger partial charge in [-0.15, -0.1) is 0 Å². The van der Waals surface area contributed by atoms with Gasteiger partial charge in [0.2, 0.25) is 0 Å². The van der Waals surface area contributed by atoms with Gasteiger partial charge in [0.15, 0.2) is 0 Å². The van der Waals surface area contributed by atoms with Crippen molar-refractivity contribution >= 4 is 0 Å². The molecule has 0 aromatic heterocycles. The fourth-order valence-electron chi connectivity index (χ4n) is 2.72. The van der Waals surface area contributed by atoms with E-state index in [0.29, 0.717) is 5.56 Å². The van der Waals surface area contributed by atoms with E-state index in [1.807, 2.05) is 30.3 Å². The van der Waals surface area contributed by atoms with E-state index < -0.39 is 11.6 Å². The second-order valence-electron chi connectivity index (χ2n) is 5.51. The Morgan fingerprint density at radius 1 is 0.950 bits per heavy atom. The highest BCUT2D eigenvalue weighted by Crippen LogP contribution is 2.36. The normalized spacial score (nSPS) is 13.2. The van der Waals surface area contributed by atoms with Crippen molar-refractivity contribution in [2.24, 2.45) is 0 Å². The molecule has 0 aliphatic carbocycles. The van der Waals surface area contributed by atoms with Crippen LogP contribution in [0.1, 0.15) is 31.0 Å². The number of benzene rings is 2. The fourth-order valence-corrected chi connectivity index (χ4v) is 2.72. The first-order chi connectivity index (χ1) is 9.45. The van der Waals surface area contributed by atoms with Crippen LogP contribution in [0.2, 0.25) is 0 Å². The largest absolute Gasteiger partial charge is 0.312 e. The Kier molecular flexibility index (Phi) is 4.19. The van der Waals surface area contributed by atoms with Crippen LogP contribution in [0.3, 0.4) is 0 Å². The fraction of sp³-hybridized carbons (Fsp3) is 0.294. The molecular weight excluding hydrogens is 256 g/mol. The number of hydrogen-bond donors (Lipinski definition) is 1. The minimum absolute atomic E-state index is 0.185. The molecule has 0 amide bonds. The Morgan fingerprint density at radius 2 is 1.50 bits per heavy atom. The van der Waals surface area contributed by atoms with E-state index in [2.05, 4.69) is 19.2 Å². The number of nitrogens with one attached hydrogen (secondary N) is 1. The summed E-state index contributed by atoms with van der Waals surface area (Å²) in [5.41, 5.74) is 1.43. The maximum absolute atomic E-state index is 13.4. The van der Waals surface area contributed by atoms with Crippen LogP contribution in [0.15, 0.2) is 48.5 Å². The smallest absolute Gasteiger partial charge is 0.126 e. The van der Waals surface area contributed by atoms with E-state index in [0.717, 1.165) is 11.6 Å². The van der Waals surface area contributed by atoms with Gasteiger partial charge in [0.1, 0.15) is 11.6 Å². The molecule has 0 aliphatic rings. The van der Waals surface area contributed by atoms with E-state index in [1.165, 1.54) is 12.1 Å². The lowest BCUT2D eigenvalue weighted by atomic mass is 9.75. The van der Waals surface area contributed by atoms with Gasteiger partial charge in [-0.25, -0.2) is 8.78 Å². The molecule has 0 saturated carbocycles. The van der Waals surface area contributed by atoms with Crippen LogP contribution >= 0.6 is 0 Å². The molecule has 0 fully saturated rings. The topological polar surface area (TPSA) is 12.0 Å². The average Bonchev–Trinajstić information content (AvgIpc) is 2.39. The van der Waals surface area contributed by atoms with E-state index in [1.54, 1.807) is 7.05 Å². The molecule has 1 nitrogen and oxygen atoms in total. The molecular formula is C17H19F2N. The van der Waals surface area contributed by atoms with E-state index in [-0.39, 0.29) is 11.5 Å². The Bertz CT molecular complexity index is 559. The molecule has 0 bridgehead atoms. The van der Waals surface area contributed by atoms with Crippen LogP contribution in [0, 0.1) is 11.6 Å². The van der Waals surface area contributed by atoms with Gasteiger partial charge in [-0.05, 0) is 30.3 Å². The van der Waals surface area contributed by atoms with Crippen LogP contribution in [-0.4, -0.2) is 7.05 Å². The zero-order valence-corrected chi connectivity index (χ0v) is 12.0. The lowest BCUT2D eigenvalue weighted by molar-refractivity contribution is 0.366. The summed E-state index contributed by atoms with van der Waals surface area (Å²) in [5, 5.41) is 3.18. The van der Waals surface area contributed by atoms with Crippen molar-refractivity contribution in [1.29, 1.82) is 0 Å². The van der Waals surface area contributed by atoms with Crippen LogP contribution in [-0.2, 0) is 5.41 Å². The standard InChI is InChI=1S/C17H19F2N/c1-17(2,13-7-5-4-6-8-13)16(20-3)12-9-14(18)11-15(19)10-12/h4-11,16,20H,1-3H3. The summed E-state index contributed by atoms with van der Waals surface area (Å²) in [6.45, 7) is 4.12. The zero-order valence-electron chi connectivity index (χ0n) is 12.0. The molecule has 1 unspecified atom stereocenters. The Labute approximate surface area is 118 Å². The number of rotatable bonds is 4. The van der Waals surface area contributed by atoms with Crippen molar-refractivity contribution in [1.82, 2.24) is 5.32 Å². The monoisotopic (exact) mass is 275 g/mol. The second kappa shape index (κ2) is 5.71. The van der Waals surface area contributed by atoms with Crippen molar-refractivity contribution in [3.8, 4) is 0 Å². The Balaban J connectivity index is 2.46. The molecule has 1 atom stereocenters. The summed E-state index contributed by atoms with van der Waals surface area (Å²) in [5.74, 6) is -1.10. The van der Waals surface area contributed by atoms with Crippen molar-refractivity contribution in [2.75, 3.05) is 7.05 Å². The molecule has 0 aliphatic heterocycles. The first kappa shape index (κ1) is 14.7. The molecule has 0 radical (unpaired) electrons. The van der Waals surface area contributed by atoms with Gasteiger partial charge < -0.3 is 5.32 Å². The molecule has 0 heterocycles. The molecule has 20 heavy (non-hydrogen) atoms. The first-order valence-electron chi connectivity index (χ1n) is 6.64. The number of likely N-dealkylation sites (N-methyl/N-ethyl adjacent to an activating group) is 1. The highest BCUT2D eigenvalue weighted by atomic mass is 19.1. The predicted octanol–water partition coefficient (Wildman–Crippen LogP) is 4.20. The molecule has 2 aromatic carbocycles. The molecule has 3 heteroatoms.